The SMILES string of the molecule is O=C(NC1CCN(c2ncc(C(F)(F)F)cc2Cl)C1)[C@@H]1CCCN1. The Balaban J connectivity index is 1.62. The molecule has 1 amide bonds. The lowest BCUT2D eigenvalue weighted by molar-refractivity contribution is -0.137. The zero-order chi connectivity index (χ0) is 17.3. The zero-order valence-corrected chi connectivity index (χ0v) is 13.6. The first-order valence-electron chi connectivity index (χ1n) is 7.86. The Kier molecular flexibility index (Phi) is 4.87. The number of aromatic nitrogens is 1. The summed E-state index contributed by atoms with van der Waals surface area (Å²) in [5.41, 5.74) is -0.868. The highest BCUT2D eigenvalue weighted by Crippen LogP contribution is 2.34. The van der Waals surface area contributed by atoms with Gasteiger partial charge in [-0.25, -0.2) is 4.98 Å². The van der Waals surface area contributed by atoms with E-state index in [4.69, 9.17) is 11.6 Å². The molecule has 1 aromatic heterocycles. The van der Waals surface area contributed by atoms with E-state index in [0.29, 0.717) is 25.3 Å². The molecule has 2 saturated heterocycles. The third kappa shape index (κ3) is 3.75. The second kappa shape index (κ2) is 6.76. The summed E-state index contributed by atoms with van der Waals surface area (Å²) in [6, 6.07) is 0.685. The standard InChI is InChI=1S/C15H18ClF3N4O/c16-11-6-9(15(17,18)19)7-21-13(11)23-5-3-10(8-23)22-14(24)12-2-1-4-20-12/h6-7,10,12,20H,1-5,8H2,(H,22,24)/t10?,12-/m0/s1. The van der Waals surface area contributed by atoms with E-state index in [0.717, 1.165) is 31.6 Å². The molecule has 0 aromatic carbocycles. The van der Waals surface area contributed by atoms with Crippen molar-refractivity contribution in [3.63, 3.8) is 0 Å². The minimum absolute atomic E-state index is 0.0224. The summed E-state index contributed by atoms with van der Waals surface area (Å²) in [4.78, 5) is 17.8. The van der Waals surface area contributed by atoms with E-state index in [9.17, 15) is 18.0 Å². The molecule has 9 heteroatoms. The van der Waals surface area contributed by atoms with Gasteiger partial charge in [-0.05, 0) is 31.9 Å². The van der Waals surface area contributed by atoms with Crippen LogP contribution in [0.25, 0.3) is 0 Å². The Bertz CT molecular complexity index is 619. The molecule has 1 unspecified atom stereocenters. The van der Waals surface area contributed by atoms with Crippen molar-refractivity contribution in [3.05, 3.63) is 22.8 Å². The van der Waals surface area contributed by atoms with Gasteiger partial charge >= 0.3 is 6.18 Å². The third-order valence-corrected chi connectivity index (χ3v) is 4.64. The normalized spacial score (nSPS) is 24.4. The molecule has 2 N–H and O–H groups in total. The van der Waals surface area contributed by atoms with Crippen LogP contribution in [0.1, 0.15) is 24.8 Å². The molecule has 132 valence electrons. The second-order valence-electron chi connectivity index (χ2n) is 6.12. The lowest BCUT2D eigenvalue weighted by Gasteiger charge is -2.20. The summed E-state index contributed by atoms with van der Waals surface area (Å²) in [6.07, 6.45) is -1.16. The van der Waals surface area contributed by atoms with Gasteiger partial charge in [0.15, 0.2) is 0 Å². The smallest absolute Gasteiger partial charge is 0.353 e. The van der Waals surface area contributed by atoms with Gasteiger partial charge in [0.1, 0.15) is 5.82 Å². The van der Waals surface area contributed by atoms with E-state index in [1.54, 1.807) is 4.90 Å². The summed E-state index contributed by atoms with van der Waals surface area (Å²) in [7, 11) is 0. The van der Waals surface area contributed by atoms with Crippen LogP contribution in [0.2, 0.25) is 5.02 Å². The number of hydrogen-bond donors (Lipinski definition) is 2. The maximum absolute atomic E-state index is 12.7. The summed E-state index contributed by atoms with van der Waals surface area (Å²) >= 11 is 5.97. The van der Waals surface area contributed by atoms with Crippen LogP contribution >= 0.6 is 11.6 Å². The molecule has 0 aliphatic carbocycles. The molecule has 3 heterocycles. The van der Waals surface area contributed by atoms with Crippen LogP contribution in [0.5, 0.6) is 0 Å². The molecule has 2 atom stereocenters. The van der Waals surface area contributed by atoms with Crippen LogP contribution in [0.3, 0.4) is 0 Å². The average Bonchev–Trinajstić information content (AvgIpc) is 3.17. The van der Waals surface area contributed by atoms with Gasteiger partial charge in [-0.3, -0.25) is 4.79 Å². The first-order valence-corrected chi connectivity index (χ1v) is 8.24. The van der Waals surface area contributed by atoms with Crippen molar-refractivity contribution < 1.29 is 18.0 Å². The minimum atomic E-state index is -4.47. The lowest BCUT2D eigenvalue weighted by atomic mass is 10.2. The summed E-state index contributed by atoms with van der Waals surface area (Å²) < 4.78 is 38.0. The second-order valence-corrected chi connectivity index (χ2v) is 6.52. The lowest BCUT2D eigenvalue weighted by Crippen LogP contribution is -2.46. The van der Waals surface area contributed by atoms with Gasteiger partial charge in [-0.15, -0.1) is 0 Å². The Labute approximate surface area is 142 Å². The van der Waals surface area contributed by atoms with Crippen LogP contribution in [-0.2, 0) is 11.0 Å². The Morgan fingerprint density at radius 3 is 2.83 bits per heavy atom. The van der Waals surface area contributed by atoms with E-state index >= 15 is 0 Å². The number of carbonyl (C=O) groups is 1. The van der Waals surface area contributed by atoms with Gasteiger partial charge in [-0.1, -0.05) is 11.6 Å². The number of amides is 1. The molecule has 0 radical (unpaired) electrons. The zero-order valence-electron chi connectivity index (χ0n) is 12.9. The fourth-order valence-corrected chi connectivity index (χ4v) is 3.38. The first kappa shape index (κ1) is 17.3. The minimum Gasteiger partial charge on any atom is -0.353 e. The highest BCUT2D eigenvalue weighted by Gasteiger charge is 2.33. The number of alkyl halides is 3. The molecule has 2 fully saturated rings. The van der Waals surface area contributed by atoms with E-state index in [1.807, 2.05) is 0 Å². The molecule has 2 aliphatic heterocycles. The third-order valence-electron chi connectivity index (χ3n) is 4.36. The van der Waals surface area contributed by atoms with Crippen molar-refractivity contribution in [2.45, 2.75) is 37.5 Å². The molecule has 24 heavy (non-hydrogen) atoms. The fourth-order valence-electron chi connectivity index (χ4n) is 3.10. The molecule has 2 aliphatic rings. The van der Waals surface area contributed by atoms with Crippen molar-refractivity contribution in [1.29, 1.82) is 0 Å². The van der Waals surface area contributed by atoms with Crippen molar-refractivity contribution in [3.8, 4) is 0 Å². The monoisotopic (exact) mass is 362 g/mol. The average molecular weight is 363 g/mol. The number of nitrogens with one attached hydrogen (secondary N) is 2. The van der Waals surface area contributed by atoms with Gasteiger partial charge in [-0.2, -0.15) is 13.2 Å². The van der Waals surface area contributed by atoms with Crippen LogP contribution < -0.4 is 15.5 Å². The van der Waals surface area contributed by atoms with Gasteiger partial charge in [0, 0.05) is 25.3 Å². The van der Waals surface area contributed by atoms with Crippen LogP contribution in [0, 0.1) is 0 Å². The molecular formula is C15H18ClF3N4O. The van der Waals surface area contributed by atoms with Crippen LogP contribution in [-0.4, -0.2) is 42.6 Å². The number of halogens is 4. The summed E-state index contributed by atoms with van der Waals surface area (Å²) in [5, 5.41) is 6.09. The number of pyridine rings is 1. The van der Waals surface area contributed by atoms with Crippen molar-refractivity contribution in [1.82, 2.24) is 15.6 Å². The van der Waals surface area contributed by atoms with Crippen molar-refractivity contribution >= 4 is 23.3 Å². The number of hydrogen-bond acceptors (Lipinski definition) is 4. The maximum Gasteiger partial charge on any atom is 0.417 e. The Morgan fingerprint density at radius 1 is 1.42 bits per heavy atom. The summed E-state index contributed by atoms with van der Waals surface area (Å²) in [6.45, 7) is 1.91. The van der Waals surface area contributed by atoms with E-state index < -0.39 is 11.7 Å². The quantitative estimate of drug-likeness (QED) is 0.865. The predicted molar refractivity (Wildman–Crippen MR) is 84.0 cm³/mol. The number of anilines is 1. The summed E-state index contributed by atoms with van der Waals surface area (Å²) in [5.74, 6) is 0.297. The van der Waals surface area contributed by atoms with Gasteiger partial charge < -0.3 is 15.5 Å². The Hall–Kier alpha value is -1.54. The van der Waals surface area contributed by atoms with E-state index in [-0.39, 0.29) is 23.0 Å². The van der Waals surface area contributed by atoms with Crippen LogP contribution in [0.4, 0.5) is 19.0 Å². The number of nitrogens with zero attached hydrogens (tertiary/aromatic N) is 2. The van der Waals surface area contributed by atoms with Gasteiger partial charge in [0.05, 0.1) is 16.6 Å². The molecule has 0 spiro atoms. The first-order chi connectivity index (χ1) is 11.3. The molecule has 5 nitrogen and oxygen atoms in total. The van der Waals surface area contributed by atoms with Crippen LogP contribution in [0.15, 0.2) is 12.3 Å². The van der Waals surface area contributed by atoms with E-state index in [1.165, 1.54) is 0 Å². The topological polar surface area (TPSA) is 57.3 Å². The molecule has 1 aromatic rings. The fraction of sp³-hybridized carbons (Fsp3) is 0.600. The highest BCUT2D eigenvalue weighted by molar-refractivity contribution is 6.33. The molecule has 0 bridgehead atoms. The number of rotatable bonds is 3. The Morgan fingerprint density at radius 2 is 2.21 bits per heavy atom. The van der Waals surface area contributed by atoms with Gasteiger partial charge in [0.2, 0.25) is 5.91 Å². The number of carbonyl (C=O) groups excluding carboxylic acids is 1. The van der Waals surface area contributed by atoms with E-state index in [2.05, 4.69) is 15.6 Å². The van der Waals surface area contributed by atoms with Crippen molar-refractivity contribution in [2.24, 2.45) is 0 Å². The van der Waals surface area contributed by atoms with Crippen molar-refractivity contribution in [2.75, 3.05) is 24.5 Å². The van der Waals surface area contributed by atoms with Gasteiger partial charge in [0.25, 0.3) is 0 Å². The predicted octanol–water partition coefficient (Wildman–Crippen LogP) is 2.20. The molecule has 0 saturated carbocycles. The maximum atomic E-state index is 12.7. The molecule has 3 rings (SSSR count). The largest absolute Gasteiger partial charge is 0.417 e. The molecular weight excluding hydrogens is 345 g/mol. The highest BCUT2D eigenvalue weighted by atomic mass is 35.5.